The summed E-state index contributed by atoms with van der Waals surface area (Å²) in [5.74, 6) is 0. The van der Waals surface area contributed by atoms with E-state index in [0.29, 0.717) is 0 Å². The Kier molecular flexibility index (Phi) is 5.28. The largest absolute Gasteiger partial charge is 0.373 e. The van der Waals surface area contributed by atoms with Crippen LogP contribution < -0.4 is 4.90 Å². The Morgan fingerprint density at radius 3 is 2.08 bits per heavy atom. The molecule has 0 amide bonds. The number of sulfone groups is 1. The SMILES string of the molecule is CC1CCC(CN(C)c2c([N+](=O)[O-])cc(S(C)(=O)=O)cc2[N+](=O)[O-])O1. The number of nitro groups is 2. The van der Waals surface area contributed by atoms with Gasteiger partial charge < -0.3 is 9.64 Å². The van der Waals surface area contributed by atoms with Gasteiger partial charge in [0.1, 0.15) is 0 Å². The van der Waals surface area contributed by atoms with Crippen LogP contribution in [0.4, 0.5) is 17.1 Å². The first-order valence-electron chi connectivity index (χ1n) is 7.54. The second-order valence-electron chi connectivity index (χ2n) is 6.12. The zero-order chi connectivity index (χ0) is 18.9. The van der Waals surface area contributed by atoms with Crippen molar-refractivity contribution in [3.8, 4) is 0 Å². The van der Waals surface area contributed by atoms with Crippen molar-refractivity contribution in [2.24, 2.45) is 0 Å². The van der Waals surface area contributed by atoms with Gasteiger partial charge in [-0.3, -0.25) is 20.2 Å². The topological polar surface area (TPSA) is 133 Å². The normalized spacial score (nSPS) is 20.4. The minimum Gasteiger partial charge on any atom is -0.373 e. The van der Waals surface area contributed by atoms with Gasteiger partial charge in [-0.1, -0.05) is 0 Å². The predicted octanol–water partition coefficient (Wildman–Crippen LogP) is 1.91. The van der Waals surface area contributed by atoms with E-state index in [1.54, 1.807) is 0 Å². The van der Waals surface area contributed by atoms with Gasteiger partial charge in [-0.15, -0.1) is 0 Å². The van der Waals surface area contributed by atoms with Crippen molar-refractivity contribution in [3.63, 3.8) is 0 Å². The van der Waals surface area contributed by atoms with Crippen molar-refractivity contribution in [1.82, 2.24) is 0 Å². The van der Waals surface area contributed by atoms with Crippen LogP contribution in [0.1, 0.15) is 19.8 Å². The van der Waals surface area contributed by atoms with E-state index < -0.39 is 36.0 Å². The molecule has 0 bridgehead atoms. The Hall–Kier alpha value is -2.27. The number of hydrogen-bond donors (Lipinski definition) is 0. The average molecular weight is 373 g/mol. The van der Waals surface area contributed by atoms with Gasteiger partial charge in [0, 0.05) is 32.0 Å². The smallest absolute Gasteiger partial charge is 0.300 e. The Bertz CT molecular complexity index is 774. The zero-order valence-corrected chi connectivity index (χ0v) is 14.9. The first-order valence-corrected chi connectivity index (χ1v) is 9.43. The summed E-state index contributed by atoms with van der Waals surface area (Å²) >= 11 is 0. The highest BCUT2D eigenvalue weighted by molar-refractivity contribution is 7.90. The molecule has 1 heterocycles. The van der Waals surface area contributed by atoms with Gasteiger partial charge in [0.15, 0.2) is 15.5 Å². The monoisotopic (exact) mass is 373 g/mol. The van der Waals surface area contributed by atoms with E-state index in [1.165, 1.54) is 11.9 Å². The minimum atomic E-state index is -3.84. The summed E-state index contributed by atoms with van der Waals surface area (Å²) in [6, 6.07) is 1.71. The Morgan fingerprint density at radius 2 is 1.72 bits per heavy atom. The lowest BCUT2D eigenvalue weighted by molar-refractivity contribution is -0.393. The van der Waals surface area contributed by atoms with E-state index in [4.69, 9.17) is 4.74 Å². The third kappa shape index (κ3) is 4.23. The zero-order valence-electron chi connectivity index (χ0n) is 14.0. The molecule has 2 unspecified atom stereocenters. The van der Waals surface area contributed by atoms with Crippen molar-refractivity contribution in [2.75, 3.05) is 24.7 Å². The molecule has 1 aliphatic rings. The number of nitro benzene ring substituents is 2. The Labute approximate surface area is 144 Å². The van der Waals surface area contributed by atoms with Crippen LogP contribution in [0.5, 0.6) is 0 Å². The Balaban J connectivity index is 2.54. The second-order valence-corrected chi connectivity index (χ2v) is 8.14. The lowest BCUT2D eigenvalue weighted by Gasteiger charge is -2.23. The third-order valence-electron chi connectivity index (χ3n) is 4.04. The molecular formula is C14H19N3O7S. The van der Waals surface area contributed by atoms with Gasteiger partial charge in [-0.25, -0.2) is 8.42 Å². The van der Waals surface area contributed by atoms with Crippen molar-refractivity contribution in [1.29, 1.82) is 0 Å². The first-order chi connectivity index (χ1) is 11.5. The molecule has 0 saturated carbocycles. The number of nitrogens with zero attached hydrogens (tertiary/aromatic N) is 3. The highest BCUT2D eigenvalue weighted by Crippen LogP contribution is 2.40. The quantitative estimate of drug-likeness (QED) is 0.545. The maximum absolute atomic E-state index is 11.7. The molecule has 1 saturated heterocycles. The average Bonchev–Trinajstić information content (AvgIpc) is 2.89. The van der Waals surface area contributed by atoms with E-state index in [-0.39, 0.29) is 24.4 Å². The predicted molar refractivity (Wildman–Crippen MR) is 89.7 cm³/mol. The molecule has 2 rings (SSSR count). The molecule has 1 aliphatic heterocycles. The van der Waals surface area contributed by atoms with Gasteiger partial charge in [-0.2, -0.15) is 0 Å². The summed E-state index contributed by atoms with van der Waals surface area (Å²) in [5, 5.41) is 22.8. The fraction of sp³-hybridized carbons (Fsp3) is 0.571. The molecule has 0 spiro atoms. The number of ether oxygens (including phenoxy) is 1. The molecule has 10 nitrogen and oxygen atoms in total. The third-order valence-corrected chi connectivity index (χ3v) is 5.14. The van der Waals surface area contributed by atoms with Crippen molar-refractivity contribution in [3.05, 3.63) is 32.4 Å². The van der Waals surface area contributed by atoms with E-state index in [2.05, 4.69) is 0 Å². The van der Waals surface area contributed by atoms with Crippen LogP contribution in [0.25, 0.3) is 0 Å². The first kappa shape index (κ1) is 19.1. The fourth-order valence-electron chi connectivity index (χ4n) is 2.88. The van der Waals surface area contributed by atoms with E-state index >= 15 is 0 Å². The van der Waals surface area contributed by atoms with Crippen LogP contribution in [0, 0.1) is 20.2 Å². The number of benzene rings is 1. The molecule has 1 aromatic rings. The van der Waals surface area contributed by atoms with E-state index in [1.807, 2.05) is 6.92 Å². The summed E-state index contributed by atoms with van der Waals surface area (Å²) < 4.78 is 29.1. The second kappa shape index (κ2) is 6.92. The molecule has 1 aromatic carbocycles. The summed E-state index contributed by atoms with van der Waals surface area (Å²) in [6.45, 7) is 2.13. The van der Waals surface area contributed by atoms with Crippen molar-refractivity contribution in [2.45, 2.75) is 36.9 Å². The van der Waals surface area contributed by atoms with Crippen LogP contribution in [0.3, 0.4) is 0 Å². The van der Waals surface area contributed by atoms with Gasteiger partial charge in [-0.05, 0) is 19.8 Å². The van der Waals surface area contributed by atoms with E-state index in [0.717, 1.165) is 31.2 Å². The van der Waals surface area contributed by atoms with Gasteiger partial charge in [0.2, 0.25) is 0 Å². The van der Waals surface area contributed by atoms with Crippen molar-refractivity contribution < 1.29 is 23.0 Å². The van der Waals surface area contributed by atoms with Crippen LogP contribution in [-0.4, -0.2) is 50.3 Å². The number of rotatable bonds is 6. The summed E-state index contributed by atoms with van der Waals surface area (Å²) in [4.78, 5) is 22.1. The number of anilines is 1. The fourth-order valence-corrected chi connectivity index (χ4v) is 3.53. The molecule has 0 radical (unpaired) electrons. The Morgan fingerprint density at radius 1 is 1.20 bits per heavy atom. The molecule has 25 heavy (non-hydrogen) atoms. The highest BCUT2D eigenvalue weighted by atomic mass is 32.2. The maximum Gasteiger partial charge on any atom is 0.300 e. The van der Waals surface area contributed by atoms with Gasteiger partial charge in [0.25, 0.3) is 0 Å². The molecule has 1 fully saturated rings. The minimum absolute atomic E-state index is 0.0657. The van der Waals surface area contributed by atoms with Crippen LogP contribution >= 0.6 is 0 Å². The number of likely N-dealkylation sites (N-methyl/N-ethyl adjacent to an activating group) is 1. The van der Waals surface area contributed by atoms with Gasteiger partial charge in [0.05, 0.1) is 27.0 Å². The lowest BCUT2D eigenvalue weighted by atomic mass is 10.1. The number of hydrogen-bond acceptors (Lipinski definition) is 8. The molecule has 138 valence electrons. The van der Waals surface area contributed by atoms with Gasteiger partial charge >= 0.3 is 11.4 Å². The molecule has 2 atom stereocenters. The standard InChI is InChI=1S/C14H19N3O7S/c1-9-4-5-10(24-9)8-15(2)14-12(16(18)19)6-11(25(3,22)23)7-13(14)17(20)21/h6-7,9-10H,4-5,8H2,1-3H3. The summed E-state index contributed by atoms with van der Waals surface area (Å²) in [6.07, 6.45) is 2.29. The molecule has 0 aliphatic carbocycles. The van der Waals surface area contributed by atoms with Crippen molar-refractivity contribution >= 4 is 26.9 Å². The van der Waals surface area contributed by atoms with E-state index in [9.17, 15) is 28.6 Å². The lowest BCUT2D eigenvalue weighted by Crippen LogP contribution is -2.30. The molecule has 0 N–H and O–H groups in total. The summed E-state index contributed by atoms with van der Waals surface area (Å²) in [7, 11) is -2.35. The molecule has 11 heteroatoms. The highest BCUT2D eigenvalue weighted by Gasteiger charge is 2.33. The van der Waals surface area contributed by atoms with Crippen LogP contribution in [-0.2, 0) is 14.6 Å². The van der Waals surface area contributed by atoms with Crippen LogP contribution in [0.15, 0.2) is 17.0 Å². The van der Waals surface area contributed by atoms with Crippen LogP contribution in [0.2, 0.25) is 0 Å². The maximum atomic E-state index is 11.7. The summed E-state index contributed by atoms with van der Waals surface area (Å²) in [5.41, 5.74) is -1.48. The molecular weight excluding hydrogens is 354 g/mol. The molecule has 0 aromatic heterocycles.